The fourth-order valence-electron chi connectivity index (χ4n) is 4.66. The lowest BCUT2D eigenvalue weighted by atomic mass is 9.82. The first-order chi connectivity index (χ1) is 13.0. The Morgan fingerprint density at radius 3 is 2.74 bits per heavy atom. The smallest absolute Gasteiger partial charge is 0.280 e. The molecular weight excluding hydrogens is 402 g/mol. The van der Waals surface area contributed by atoms with E-state index in [4.69, 9.17) is 0 Å². The number of halogens is 1. The molecule has 2 aromatic carbocycles. The lowest BCUT2D eigenvalue weighted by Gasteiger charge is -2.25. The van der Waals surface area contributed by atoms with Crippen LogP contribution in [0.5, 0.6) is 0 Å². The van der Waals surface area contributed by atoms with Gasteiger partial charge in [0.1, 0.15) is 5.82 Å². The first-order valence-electron chi connectivity index (χ1n) is 9.56. The largest absolute Gasteiger partial charge is 0.317 e. The van der Waals surface area contributed by atoms with Gasteiger partial charge in [-0.15, -0.1) is 0 Å². The zero-order valence-corrected chi connectivity index (χ0v) is 17.1. The molecule has 0 aliphatic carbocycles. The van der Waals surface area contributed by atoms with Crippen LogP contribution < -0.4 is 10.9 Å². The average molecular weight is 424 g/mol. The molecule has 0 bridgehead atoms. The number of nitrogens with zero attached hydrogens (tertiary/aromatic N) is 2. The zero-order valence-electron chi connectivity index (χ0n) is 15.6. The molecule has 0 spiro atoms. The molecule has 0 unspecified atom stereocenters. The highest BCUT2D eigenvalue weighted by atomic mass is 79.9. The first kappa shape index (κ1) is 17.1. The summed E-state index contributed by atoms with van der Waals surface area (Å²) in [6.07, 6.45) is 2.35. The van der Waals surface area contributed by atoms with Crippen molar-refractivity contribution in [3.8, 4) is 5.69 Å². The Balaban J connectivity index is 1.78. The second-order valence-electron chi connectivity index (χ2n) is 8.14. The van der Waals surface area contributed by atoms with Crippen LogP contribution in [0.2, 0.25) is 0 Å². The van der Waals surface area contributed by atoms with E-state index in [9.17, 15) is 4.79 Å². The summed E-state index contributed by atoms with van der Waals surface area (Å²) in [5, 5.41) is 4.10. The van der Waals surface area contributed by atoms with Crippen molar-refractivity contribution in [3.63, 3.8) is 0 Å². The lowest BCUT2D eigenvalue weighted by Crippen LogP contribution is -2.27. The van der Waals surface area contributed by atoms with Gasteiger partial charge in [0.2, 0.25) is 0 Å². The molecule has 0 radical (unpaired) electrons. The van der Waals surface area contributed by atoms with Gasteiger partial charge in [-0.1, -0.05) is 18.2 Å². The number of nitrogens with one attached hydrogen (secondary N) is 1. The maximum Gasteiger partial charge on any atom is 0.280 e. The number of benzene rings is 2. The van der Waals surface area contributed by atoms with Gasteiger partial charge in [0, 0.05) is 4.47 Å². The maximum atomic E-state index is 12.7. The van der Waals surface area contributed by atoms with Gasteiger partial charge in [-0.2, -0.15) is 4.98 Å². The van der Waals surface area contributed by atoms with Crippen molar-refractivity contribution in [3.05, 3.63) is 68.2 Å². The second-order valence-corrected chi connectivity index (χ2v) is 8.99. The van der Waals surface area contributed by atoms with Crippen LogP contribution in [0.3, 0.4) is 0 Å². The van der Waals surface area contributed by atoms with Crippen LogP contribution in [0.1, 0.15) is 49.6 Å². The van der Waals surface area contributed by atoms with Crippen molar-refractivity contribution in [2.45, 2.75) is 38.0 Å². The SMILES string of the molecule is CC1(C)c2cc(C3CCNCC3)ccc2-n2c1nc(=O)c1cccc(Br)c12. The molecule has 1 aromatic heterocycles. The van der Waals surface area contributed by atoms with Crippen LogP contribution in [-0.2, 0) is 5.41 Å². The molecule has 0 atom stereocenters. The van der Waals surface area contributed by atoms with E-state index in [2.05, 4.69) is 62.8 Å². The molecule has 0 saturated carbocycles. The third kappa shape index (κ3) is 2.44. The Morgan fingerprint density at radius 2 is 1.96 bits per heavy atom. The molecule has 138 valence electrons. The Bertz CT molecular complexity index is 1130. The van der Waals surface area contributed by atoms with Crippen LogP contribution in [-0.4, -0.2) is 22.6 Å². The molecule has 1 N–H and O–H groups in total. The summed E-state index contributed by atoms with van der Waals surface area (Å²) in [5.74, 6) is 1.43. The van der Waals surface area contributed by atoms with Gasteiger partial charge in [0.25, 0.3) is 5.56 Å². The maximum absolute atomic E-state index is 12.7. The van der Waals surface area contributed by atoms with Crippen molar-refractivity contribution in [1.29, 1.82) is 0 Å². The van der Waals surface area contributed by atoms with Crippen molar-refractivity contribution in [1.82, 2.24) is 14.9 Å². The van der Waals surface area contributed by atoms with Crippen LogP contribution >= 0.6 is 15.9 Å². The van der Waals surface area contributed by atoms with Crippen LogP contribution in [0.4, 0.5) is 0 Å². The highest BCUT2D eigenvalue weighted by molar-refractivity contribution is 9.10. The van der Waals surface area contributed by atoms with E-state index in [1.807, 2.05) is 18.2 Å². The Hall–Kier alpha value is -1.98. The minimum absolute atomic E-state index is 0.156. The van der Waals surface area contributed by atoms with Crippen molar-refractivity contribution < 1.29 is 0 Å². The minimum Gasteiger partial charge on any atom is -0.317 e. The minimum atomic E-state index is -0.305. The fraction of sp³-hybridized carbons (Fsp3) is 0.364. The van der Waals surface area contributed by atoms with E-state index < -0.39 is 0 Å². The van der Waals surface area contributed by atoms with Gasteiger partial charge >= 0.3 is 0 Å². The van der Waals surface area contributed by atoms with Gasteiger partial charge in [0.05, 0.1) is 22.0 Å². The quantitative estimate of drug-likeness (QED) is 0.635. The third-order valence-electron chi connectivity index (χ3n) is 6.16. The summed E-state index contributed by atoms with van der Waals surface area (Å²) >= 11 is 3.66. The van der Waals surface area contributed by atoms with Gasteiger partial charge in [-0.05, 0) is 91.0 Å². The van der Waals surface area contributed by atoms with E-state index >= 15 is 0 Å². The molecule has 27 heavy (non-hydrogen) atoms. The molecule has 0 amide bonds. The van der Waals surface area contributed by atoms with E-state index in [0.717, 1.165) is 34.6 Å². The lowest BCUT2D eigenvalue weighted by molar-refractivity contribution is 0.460. The van der Waals surface area contributed by atoms with Crippen LogP contribution in [0.25, 0.3) is 16.6 Å². The molecule has 5 rings (SSSR count). The van der Waals surface area contributed by atoms with Crippen LogP contribution in [0.15, 0.2) is 45.7 Å². The number of hydrogen-bond donors (Lipinski definition) is 1. The van der Waals surface area contributed by atoms with Gasteiger partial charge in [0.15, 0.2) is 0 Å². The van der Waals surface area contributed by atoms with E-state index in [0.29, 0.717) is 11.3 Å². The monoisotopic (exact) mass is 423 g/mol. The molecule has 3 heterocycles. The normalized spacial score (nSPS) is 18.5. The Kier molecular flexibility index (Phi) is 3.82. The summed E-state index contributed by atoms with van der Waals surface area (Å²) < 4.78 is 3.09. The molecule has 5 heteroatoms. The molecule has 1 fully saturated rings. The van der Waals surface area contributed by atoms with Gasteiger partial charge in [-0.25, -0.2) is 0 Å². The van der Waals surface area contributed by atoms with Crippen molar-refractivity contribution >= 4 is 26.8 Å². The predicted molar refractivity (Wildman–Crippen MR) is 112 cm³/mol. The number of fused-ring (bicyclic) bond motifs is 5. The highest BCUT2D eigenvalue weighted by Gasteiger charge is 2.39. The van der Waals surface area contributed by atoms with Gasteiger partial charge in [-0.3, -0.25) is 9.36 Å². The number of piperidine rings is 1. The molecule has 2 aliphatic rings. The molecule has 3 aromatic rings. The molecule has 1 saturated heterocycles. The van der Waals surface area contributed by atoms with Gasteiger partial charge < -0.3 is 5.32 Å². The van der Waals surface area contributed by atoms with E-state index in [-0.39, 0.29) is 11.0 Å². The zero-order chi connectivity index (χ0) is 18.8. The Morgan fingerprint density at radius 1 is 1.19 bits per heavy atom. The first-order valence-corrected chi connectivity index (χ1v) is 10.3. The molecule has 2 aliphatic heterocycles. The molecular formula is C22H22BrN3O. The third-order valence-corrected chi connectivity index (χ3v) is 6.80. The number of para-hydroxylation sites is 1. The topological polar surface area (TPSA) is 46.9 Å². The number of hydrogen-bond acceptors (Lipinski definition) is 3. The van der Waals surface area contributed by atoms with Crippen molar-refractivity contribution in [2.75, 3.05) is 13.1 Å². The van der Waals surface area contributed by atoms with E-state index in [1.54, 1.807) is 0 Å². The van der Waals surface area contributed by atoms with Crippen LogP contribution in [0, 0.1) is 0 Å². The summed E-state index contributed by atoms with van der Waals surface area (Å²) in [6, 6.07) is 12.6. The molecule has 4 nitrogen and oxygen atoms in total. The van der Waals surface area contributed by atoms with Crippen molar-refractivity contribution in [2.24, 2.45) is 0 Å². The Labute approximate surface area is 166 Å². The summed E-state index contributed by atoms with van der Waals surface area (Å²) in [7, 11) is 0. The van der Waals surface area contributed by atoms with E-state index in [1.165, 1.54) is 24.0 Å². The summed E-state index contributed by atoms with van der Waals surface area (Å²) in [6.45, 7) is 6.51. The highest BCUT2D eigenvalue weighted by Crippen LogP contribution is 2.45. The fourth-order valence-corrected chi connectivity index (χ4v) is 5.20. The predicted octanol–water partition coefficient (Wildman–Crippen LogP) is 4.25. The number of rotatable bonds is 1. The second kappa shape index (κ2) is 6.01. The standard InChI is InChI=1S/C22H22BrN3O/c1-22(2)16-12-14(13-8-10-24-11-9-13)6-7-18(16)26-19-15(4-3-5-17(19)23)20(27)25-21(22)26/h3-7,12-13,24H,8-11H2,1-2H3. The average Bonchev–Trinajstić information content (AvgIpc) is 2.90. The number of aromatic nitrogens is 2. The summed E-state index contributed by atoms with van der Waals surface area (Å²) in [5.41, 5.74) is 4.25. The summed E-state index contributed by atoms with van der Waals surface area (Å²) in [4.78, 5) is 17.2.